The highest BCUT2D eigenvalue weighted by molar-refractivity contribution is 5.51. The van der Waals surface area contributed by atoms with E-state index in [9.17, 15) is 0 Å². The van der Waals surface area contributed by atoms with Gasteiger partial charge in [0.15, 0.2) is 0 Å². The Kier molecular flexibility index (Phi) is 3.64. The van der Waals surface area contributed by atoms with Crippen LogP contribution in [-0.4, -0.2) is 7.05 Å². The standard InChI is InChI=1S/C16H16N2/c1-13-5-3-7-15(9-13)12-18(2)16-8-4-6-14(10-16)11-17/h3-10H,12H2,1-2H3. The number of rotatable bonds is 3. The summed E-state index contributed by atoms with van der Waals surface area (Å²) in [6.07, 6.45) is 0. The van der Waals surface area contributed by atoms with Crippen LogP contribution in [0, 0.1) is 18.3 Å². The molecule has 0 fully saturated rings. The van der Waals surface area contributed by atoms with Gasteiger partial charge in [-0.2, -0.15) is 5.26 Å². The van der Waals surface area contributed by atoms with Crippen LogP contribution in [0.5, 0.6) is 0 Å². The molecule has 2 nitrogen and oxygen atoms in total. The van der Waals surface area contributed by atoms with Crippen molar-refractivity contribution in [1.82, 2.24) is 0 Å². The average Bonchev–Trinajstić information content (AvgIpc) is 2.39. The normalized spacial score (nSPS) is 9.83. The zero-order valence-electron chi connectivity index (χ0n) is 10.7. The van der Waals surface area contributed by atoms with Gasteiger partial charge in [-0.3, -0.25) is 0 Å². The Hall–Kier alpha value is -2.27. The Morgan fingerprint density at radius 1 is 1.11 bits per heavy atom. The van der Waals surface area contributed by atoms with Crippen molar-refractivity contribution in [2.75, 3.05) is 11.9 Å². The maximum atomic E-state index is 8.90. The number of nitrogens with zero attached hydrogens (tertiary/aromatic N) is 2. The molecule has 0 N–H and O–H groups in total. The first-order valence-electron chi connectivity index (χ1n) is 5.96. The fourth-order valence-corrected chi connectivity index (χ4v) is 1.99. The van der Waals surface area contributed by atoms with Gasteiger partial charge in [-0.1, -0.05) is 35.9 Å². The smallest absolute Gasteiger partial charge is 0.0992 e. The van der Waals surface area contributed by atoms with Crippen molar-refractivity contribution in [1.29, 1.82) is 5.26 Å². The Labute approximate surface area is 108 Å². The molecule has 0 aliphatic heterocycles. The van der Waals surface area contributed by atoms with Crippen LogP contribution in [0.15, 0.2) is 48.5 Å². The highest BCUT2D eigenvalue weighted by Crippen LogP contribution is 2.17. The third-order valence-electron chi connectivity index (χ3n) is 2.92. The third-order valence-corrected chi connectivity index (χ3v) is 2.92. The van der Waals surface area contributed by atoms with Gasteiger partial charge in [-0.25, -0.2) is 0 Å². The van der Waals surface area contributed by atoms with Crippen LogP contribution in [0.4, 0.5) is 5.69 Å². The molecule has 90 valence electrons. The fraction of sp³-hybridized carbons (Fsp3) is 0.188. The molecule has 0 heterocycles. The van der Waals surface area contributed by atoms with E-state index in [4.69, 9.17) is 5.26 Å². The molecule has 0 aliphatic carbocycles. The minimum atomic E-state index is 0.698. The number of aryl methyl sites for hydroxylation is 1. The molecule has 2 rings (SSSR count). The van der Waals surface area contributed by atoms with Gasteiger partial charge in [0.25, 0.3) is 0 Å². The lowest BCUT2D eigenvalue weighted by molar-refractivity contribution is 0.921. The summed E-state index contributed by atoms with van der Waals surface area (Å²) in [6, 6.07) is 18.3. The summed E-state index contributed by atoms with van der Waals surface area (Å²) in [6.45, 7) is 2.94. The van der Waals surface area contributed by atoms with Crippen molar-refractivity contribution in [3.8, 4) is 6.07 Å². The van der Waals surface area contributed by atoms with Gasteiger partial charge in [-0.15, -0.1) is 0 Å². The summed E-state index contributed by atoms with van der Waals surface area (Å²) < 4.78 is 0. The molecule has 0 aliphatic rings. The molecule has 0 aromatic heterocycles. The molecule has 2 aromatic rings. The predicted octanol–water partition coefficient (Wildman–Crippen LogP) is 3.50. The monoisotopic (exact) mass is 236 g/mol. The van der Waals surface area contributed by atoms with Crippen LogP contribution in [-0.2, 0) is 6.54 Å². The Morgan fingerprint density at radius 3 is 2.61 bits per heavy atom. The van der Waals surface area contributed by atoms with E-state index in [2.05, 4.69) is 42.2 Å². The van der Waals surface area contributed by atoms with Crippen LogP contribution < -0.4 is 4.90 Å². The van der Waals surface area contributed by atoms with Gasteiger partial charge >= 0.3 is 0 Å². The van der Waals surface area contributed by atoms with E-state index in [0.717, 1.165) is 12.2 Å². The van der Waals surface area contributed by atoms with Gasteiger partial charge in [-0.05, 0) is 30.7 Å². The zero-order valence-corrected chi connectivity index (χ0v) is 10.7. The summed E-state index contributed by atoms with van der Waals surface area (Å²) in [5.41, 5.74) is 4.31. The fourth-order valence-electron chi connectivity index (χ4n) is 1.99. The van der Waals surface area contributed by atoms with E-state index in [1.54, 1.807) is 0 Å². The first kappa shape index (κ1) is 12.2. The number of hydrogen-bond acceptors (Lipinski definition) is 2. The van der Waals surface area contributed by atoms with E-state index < -0.39 is 0 Å². The first-order chi connectivity index (χ1) is 8.69. The number of anilines is 1. The lowest BCUT2D eigenvalue weighted by Gasteiger charge is -2.19. The largest absolute Gasteiger partial charge is 0.370 e. The van der Waals surface area contributed by atoms with Gasteiger partial charge < -0.3 is 4.90 Å². The van der Waals surface area contributed by atoms with Crippen LogP contribution in [0.2, 0.25) is 0 Å². The van der Waals surface area contributed by atoms with E-state index in [-0.39, 0.29) is 0 Å². The topological polar surface area (TPSA) is 27.0 Å². The molecular weight excluding hydrogens is 220 g/mol. The summed E-state index contributed by atoms with van der Waals surface area (Å²) in [5, 5.41) is 8.90. The minimum absolute atomic E-state index is 0.698. The molecule has 0 spiro atoms. The van der Waals surface area contributed by atoms with Crippen LogP contribution in [0.3, 0.4) is 0 Å². The van der Waals surface area contributed by atoms with Crippen LogP contribution >= 0.6 is 0 Å². The first-order valence-corrected chi connectivity index (χ1v) is 5.96. The Balaban J connectivity index is 2.17. The van der Waals surface area contributed by atoms with Gasteiger partial charge in [0.2, 0.25) is 0 Å². The van der Waals surface area contributed by atoms with Crippen molar-refractivity contribution in [3.05, 3.63) is 65.2 Å². The number of hydrogen-bond donors (Lipinski definition) is 0. The zero-order chi connectivity index (χ0) is 13.0. The van der Waals surface area contributed by atoms with Gasteiger partial charge in [0, 0.05) is 19.3 Å². The molecule has 0 bridgehead atoms. The van der Waals surface area contributed by atoms with E-state index >= 15 is 0 Å². The number of nitriles is 1. The van der Waals surface area contributed by atoms with E-state index in [1.165, 1.54) is 11.1 Å². The maximum Gasteiger partial charge on any atom is 0.0992 e. The molecule has 0 saturated heterocycles. The van der Waals surface area contributed by atoms with Crippen molar-refractivity contribution in [2.24, 2.45) is 0 Å². The molecule has 0 saturated carbocycles. The summed E-state index contributed by atoms with van der Waals surface area (Å²) >= 11 is 0. The highest BCUT2D eigenvalue weighted by Gasteiger charge is 2.03. The minimum Gasteiger partial charge on any atom is -0.370 e. The van der Waals surface area contributed by atoms with E-state index in [0.29, 0.717) is 5.56 Å². The molecule has 0 unspecified atom stereocenters. The molecule has 2 aromatic carbocycles. The van der Waals surface area contributed by atoms with E-state index in [1.807, 2.05) is 31.3 Å². The molecular formula is C16H16N2. The summed E-state index contributed by atoms with van der Waals surface area (Å²) in [4.78, 5) is 2.15. The number of benzene rings is 2. The highest BCUT2D eigenvalue weighted by atomic mass is 15.1. The summed E-state index contributed by atoms with van der Waals surface area (Å²) in [7, 11) is 2.04. The molecule has 0 radical (unpaired) electrons. The second kappa shape index (κ2) is 5.37. The second-order valence-corrected chi connectivity index (χ2v) is 4.51. The van der Waals surface area contributed by atoms with Crippen molar-refractivity contribution in [3.63, 3.8) is 0 Å². The Morgan fingerprint density at radius 2 is 1.89 bits per heavy atom. The van der Waals surface area contributed by atoms with Crippen LogP contribution in [0.25, 0.3) is 0 Å². The van der Waals surface area contributed by atoms with Crippen molar-refractivity contribution in [2.45, 2.75) is 13.5 Å². The Bertz CT molecular complexity index is 582. The maximum absolute atomic E-state index is 8.90. The van der Waals surface area contributed by atoms with Crippen LogP contribution in [0.1, 0.15) is 16.7 Å². The van der Waals surface area contributed by atoms with Crippen molar-refractivity contribution < 1.29 is 0 Å². The lowest BCUT2D eigenvalue weighted by Crippen LogP contribution is -2.16. The molecule has 18 heavy (non-hydrogen) atoms. The second-order valence-electron chi connectivity index (χ2n) is 4.51. The van der Waals surface area contributed by atoms with Crippen molar-refractivity contribution >= 4 is 5.69 Å². The lowest BCUT2D eigenvalue weighted by atomic mass is 10.1. The third kappa shape index (κ3) is 2.89. The van der Waals surface area contributed by atoms with Gasteiger partial charge in [0.1, 0.15) is 0 Å². The SMILES string of the molecule is Cc1cccc(CN(C)c2cccc(C#N)c2)c1. The molecule has 0 amide bonds. The molecule has 2 heteroatoms. The molecule has 0 atom stereocenters. The van der Waals surface area contributed by atoms with Gasteiger partial charge in [0.05, 0.1) is 11.6 Å². The quantitative estimate of drug-likeness (QED) is 0.815. The predicted molar refractivity (Wildman–Crippen MR) is 74.4 cm³/mol. The average molecular weight is 236 g/mol. The summed E-state index contributed by atoms with van der Waals surface area (Å²) in [5.74, 6) is 0.